The number of amides is 2. The van der Waals surface area contributed by atoms with E-state index in [4.69, 9.17) is 0 Å². The molecule has 0 radical (unpaired) electrons. The van der Waals surface area contributed by atoms with Crippen LogP contribution in [0.1, 0.15) is 17.0 Å². The Morgan fingerprint density at radius 3 is 2.50 bits per heavy atom. The minimum Gasteiger partial charge on any atom is -0.336 e. The van der Waals surface area contributed by atoms with Gasteiger partial charge >= 0.3 is 12.2 Å². The second-order valence-corrected chi connectivity index (χ2v) is 6.58. The Hall–Kier alpha value is -3.03. The third-order valence-corrected chi connectivity index (χ3v) is 4.50. The van der Waals surface area contributed by atoms with Crippen LogP contribution in [0.15, 0.2) is 48.5 Å². The Bertz CT molecular complexity index is 964. The van der Waals surface area contributed by atoms with Crippen LogP contribution in [0.2, 0.25) is 0 Å². The van der Waals surface area contributed by atoms with Gasteiger partial charge in [0.2, 0.25) is 0 Å². The summed E-state index contributed by atoms with van der Waals surface area (Å²) < 4.78 is 39.9. The molecule has 2 aromatic carbocycles. The van der Waals surface area contributed by atoms with Crippen molar-refractivity contribution < 1.29 is 18.0 Å². The van der Waals surface area contributed by atoms with Gasteiger partial charge in [-0.15, -0.1) is 0 Å². The fourth-order valence-electron chi connectivity index (χ4n) is 3.03. The normalized spacial score (nSPS) is 11.6. The molecule has 148 valence electrons. The van der Waals surface area contributed by atoms with E-state index in [2.05, 4.69) is 10.3 Å². The van der Waals surface area contributed by atoms with Crippen molar-refractivity contribution in [2.24, 2.45) is 0 Å². The molecule has 0 aliphatic rings. The lowest BCUT2D eigenvalue weighted by atomic mass is 10.1. The molecule has 0 fully saturated rings. The molecule has 3 rings (SSSR count). The van der Waals surface area contributed by atoms with E-state index >= 15 is 0 Å². The van der Waals surface area contributed by atoms with Gasteiger partial charge in [0.05, 0.1) is 16.6 Å². The van der Waals surface area contributed by atoms with Crippen LogP contribution in [-0.4, -0.2) is 34.1 Å². The number of carbonyl (C=O) groups is 1. The van der Waals surface area contributed by atoms with Crippen LogP contribution < -0.4 is 5.32 Å². The first kappa shape index (κ1) is 19.7. The van der Waals surface area contributed by atoms with Crippen molar-refractivity contribution in [3.63, 3.8) is 0 Å². The molecular weight excluding hydrogens is 369 g/mol. The third-order valence-electron chi connectivity index (χ3n) is 4.50. The zero-order chi connectivity index (χ0) is 20.3. The zero-order valence-electron chi connectivity index (χ0n) is 15.6. The second kappa shape index (κ2) is 7.92. The summed E-state index contributed by atoms with van der Waals surface area (Å²) in [6.45, 7) is 3.12. The number of para-hydroxylation sites is 2. The molecule has 2 amide bonds. The van der Waals surface area contributed by atoms with Gasteiger partial charge in [-0.25, -0.2) is 9.78 Å². The van der Waals surface area contributed by atoms with Crippen molar-refractivity contribution in [1.82, 2.24) is 19.8 Å². The Balaban J connectivity index is 1.54. The lowest BCUT2D eigenvalue weighted by molar-refractivity contribution is -0.137. The number of nitrogens with one attached hydrogen (secondary N) is 1. The fraction of sp³-hybridized carbons (Fsp3) is 0.300. The molecule has 5 nitrogen and oxygen atoms in total. The molecule has 0 saturated heterocycles. The molecule has 3 aromatic rings. The Kier molecular flexibility index (Phi) is 5.58. The number of urea groups is 1. The van der Waals surface area contributed by atoms with Crippen molar-refractivity contribution in [1.29, 1.82) is 0 Å². The topological polar surface area (TPSA) is 50.2 Å². The first-order valence-corrected chi connectivity index (χ1v) is 8.82. The molecule has 0 atom stereocenters. The van der Waals surface area contributed by atoms with Gasteiger partial charge in [0.1, 0.15) is 5.82 Å². The number of hydrogen-bond acceptors (Lipinski definition) is 2. The molecule has 1 heterocycles. The molecule has 0 spiro atoms. The van der Waals surface area contributed by atoms with Gasteiger partial charge in [0.25, 0.3) is 0 Å². The lowest BCUT2D eigenvalue weighted by Gasteiger charge is -2.19. The number of aryl methyl sites for hydroxylation is 1. The monoisotopic (exact) mass is 390 g/mol. The summed E-state index contributed by atoms with van der Waals surface area (Å²) >= 11 is 0. The number of aromatic nitrogens is 2. The molecule has 0 aliphatic carbocycles. The molecule has 0 bridgehead atoms. The summed E-state index contributed by atoms with van der Waals surface area (Å²) in [5.74, 6) is 0.869. The Morgan fingerprint density at radius 2 is 1.82 bits per heavy atom. The van der Waals surface area contributed by atoms with Crippen LogP contribution in [0, 0.1) is 6.92 Å². The number of carbonyl (C=O) groups excluding carboxylic acids is 1. The largest absolute Gasteiger partial charge is 0.416 e. The number of alkyl halides is 3. The highest BCUT2D eigenvalue weighted by molar-refractivity contribution is 5.76. The summed E-state index contributed by atoms with van der Waals surface area (Å²) in [5, 5.41) is 2.83. The lowest BCUT2D eigenvalue weighted by Crippen LogP contribution is -2.38. The molecule has 8 heteroatoms. The number of halogens is 3. The summed E-state index contributed by atoms with van der Waals surface area (Å²) in [6.07, 6.45) is -4.36. The molecule has 0 unspecified atom stereocenters. The van der Waals surface area contributed by atoms with Crippen LogP contribution in [0.5, 0.6) is 0 Å². The van der Waals surface area contributed by atoms with E-state index in [1.54, 1.807) is 7.05 Å². The quantitative estimate of drug-likeness (QED) is 0.710. The molecular formula is C20H21F3N4O. The fourth-order valence-corrected chi connectivity index (χ4v) is 3.03. The predicted octanol–water partition coefficient (Wildman–Crippen LogP) is 4.21. The highest BCUT2D eigenvalue weighted by Gasteiger charge is 2.29. The van der Waals surface area contributed by atoms with Gasteiger partial charge in [-0.1, -0.05) is 24.3 Å². The molecule has 0 saturated carbocycles. The third kappa shape index (κ3) is 4.44. The summed E-state index contributed by atoms with van der Waals surface area (Å²) in [7, 11) is 1.60. The maximum Gasteiger partial charge on any atom is 0.416 e. The van der Waals surface area contributed by atoms with Crippen molar-refractivity contribution in [2.45, 2.75) is 26.2 Å². The average Bonchev–Trinajstić information content (AvgIpc) is 2.97. The highest BCUT2D eigenvalue weighted by atomic mass is 19.4. The maximum absolute atomic E-state index is 12.6. The first-order chi connectivity index (χ1) is 13.3. The van der Waals surface area contributed by atoms with Crippen LogP contribution in [0.25, 0.3) is 11.0 Å². The number of fused-ring (bicyclic) bond motifs is 1. The van der Waals surface area contributed by atoms with E-state index in [1.165, 1.54) is 17.0 Å². The summed E-state index contributed by atoms with van der Waals surface area (Å²) in [4.78, 5) is 18.2. The van der Waals surface area contributed by atoms with Crippen molar-refractivity contribution in [3.8, 4) is 0 Å². The highest BCUT2D eigenvalue weighted by Crippen LogP contribution is 2.29. The molecule has 1 aromatic heterocycles. The van der Waals surface area contributed by atoms with Crippen LogP contribution in [0.3, 0.4) is 0 Å². The van der Waals surface area contributed by atoms with Gasteiger partial charge < -0.3 is 14.8 Å². The van der Waals surface area contributed by atoms with Crippen LogP contribution in [-0.2, 0) is 19.3 Å². The summed E-state index contributed by atoms with van der Waals surface area (Å²) in [5.41, 5.74) is 1.84. The van der Waals surface area contributed by atoms with E-state index in [0.29, 0.717) is 18.7 Å². The van der Waals surface area contributed by atoms with Gasteiger partial charge in [-0.2, -0.15) is 13.2 Å². The zero-order valence-corrected chi connectivity index (χ0v) is 15.6. The van der Waals surface area contributed by atoms with Gasteiger partial charge in [0.15, 0.2) is 0 Å². The predicted molar refractivity (Wildman–Crippen MR) is 101 cm³/mol. The van der Waals surface area contributed by atoms with Gasteiger partial charge in [0, 0.05) is 26.7 Å². The summed E-state index contributed by atoms with van der Waals surface area (Å²) in [6, 6.07) is 12.3. The van der Waals surface area contributed by atoms with E-state index in [0.717, 1.165) is 29.0 Å². The maximum atomic E-state index is 12.6. The van der Waals surface area contributed by atoms with Crippen molar-refractivity contribution in [2.75, 3.05) is 13.6 Å². The van der Waals surface area contributed by atoms with Gasteiger partial charge in [-0.3, -0.25) is 0 Å². The second-order valence-electron chi connectivity index (χ2n) is 6.58. The van der Waals surface area contributed by atoms with Crippen LogP contribution >= 0.6 is 0 Å². The number of nitrogens with zero attached hydrogens (tertiary/aromatic N) is 3. The SMILES string of the molecule is Cc1nc2ccccc2n1CCNC(=O)N(C)Cc1ccc(C(F)(F)F)cc1. The van der Waals surface area contributed by atoms with Crippen molar-refractivity contribution >= 4 is 17.1 Å². The number of rotatable bonds is 5. The van der Waals surface area contributed by atoms with E-state index in [1.807, 2.05) is 35.8 Å². The number of imidazole rings is 1. The minimum absolute atomic E-state index is 0.219. The Morgan fingerprint density at radius 1 is 1.14 bits per heavy atom. The average molecular weight is 390 g/mol. The van der Waals surface area contributed by atoms with Crippen LogP contribution in [0.4, 0.5) is 18.0 Å². The number of hydrogen-bond donors (Lipinski definition) is 1. The minimum atomic E-state index is -4.36. The van der Waals surface area contributed by atoms with E-state index < -0.39 is 11.7 Å². The molecule has 0 aliphatic heterocycles. The van der Waals surface area contributed by atoms with Gasteiger partial charge in [-0.05, 0) is 36.8 Å². The van der Waals surface area contributed by atoms with E-state index in [9.17, 15) is 18.0 Å². The number of benzene rings is 2. The molecule has 1 N–H and O–H groups in total. The van der Waals surface area contributed by atoms with Crippen molar-refractivity contribution in [3.05, 3.63) is 65.5 Å². The van der Waals surface area contributed by atoms with E-state index in [-0.39, 0.29) is 12.6 Å². The molecule has 28 heavy (non-hydrogen) atoms. The Labute approximate surface area is 160 Å². The standard InChI is InChI=1S/C20H21F3N4O/c1-14-25-17-5-3-4-6-18(17)27(14)12-11-24-19(28)26(2)13-15-7-9-16(10-8-15)20(21,22)23/h3-10H,11-13H2,1-2H3,(H,24,28). The first-order valence-electron chi connectivity index (χ1n) is 8.82. The smallest absolute Gasteiger partial charge is 0.336 e.